The van der Waals surface area contributed by atoms with Crippen LogP contribution in [-0.2, 0) is 11.2 Å². The highest BCUT2D eigenvalue weighted by Gasteiger charge is 2.08. The minimum Gasteiger partial charge on any atom is -0.357 e. The zero-order chi connectivity index (χ0) is 21.9. The van der Waals surface area contributed by atoms with Crippen LogP contribution in [0, 0.1) is 5.82 Å². The van der Waals surface area contributed by atoms with Gasteiger partial charge in [-0.1, -0.05) is 18.2 Å². The van der Waals surface area contributed by atoms with E-state index in [2.05, 4.69) is 20.9 Å². The van der Waals surface area contributed by atoms with Crippen LogP contribution in [0.2, 0.25) is 0 Å². The number of benzene rings is 2. The largest absolute Gasteiger partial charge is 0.357 e. The molecule has 31 heavy (non-hydrogen) atoms. The number of amides is 2. The van der Waals surface area contributed by atoms with Crippen LogP contribution in [0.5, 0.6) is 0 Å². The number of guanidine groups is 1. The highest BCUT2D eigenvalue weighted by atomic mass is 127. The standard InChI is InChI=1S/C22H28FN5O2.HI/c1-4-24-22(26-15-20(29)27-19-10-6-9-18(23)14-19)25-12-11-16-7-5-8-17(13-16)21(30)28(2)3;/h5-10,13-14H,4,11-12,15H2,1-3H3,(H,27,29)(H2,24,25,26);1H. The minimum absolute atomic E-state index is 0. The third-order valence-electron chi connectivity index (χ3n) is 4.12. The third kappa shape index (κ3) is 9.33. The first kappa shape index (κ1) is 26.3. The number of nitrogens with one attached hydrogen (secondary N) is 3. The Labute approximate surface area is 199 Å². The van der Waals surface area contributed by atoms with Gasteiger partial charge in [-0.15, -0.1) is 24.0 Å². The average molecular weight is 541 g/mol. The molecule has 0 saturated carbocycles. The lowest BCUT2D eigenvalue weighted by Crippen LogP contribution is -2.39. The smallest absolute Gasteiger partial charge is 0.253 e. The van der Waals surface area contributed by atoms with E-state index >= 15 is 0 Å². The topological polar surface area (TPSA) is 85.8 Å². The lowest BCUT2D eigenvalue weighted by molar-refractivity contribution is -0.114. The molecular weight excluding hydrogens is 512 g/mol. The van der Waals surface area contributed by atoms with Crippen molar-refractivity contribution in [1.29, 1.82) is 0 Å². The first-order valence-corrected chi connectivity index (χ1v) is 9.77. The molecule has 0 bridgehead atoms. The van der Waals surface area contributed by atoms with Gasteiger partial charge in [0.15, 0.2) is 5.96 Å². The zero-order valence-corrected chi connectivity index (χ0v) is 20.3. The number of rotatable bonds is 8. The zero-order valence-electron chi connectivity index (χ0n) is 17.9. The van der Waals surface area contributed by atoms with Gasteiger partial charge in [0.05, 0.1) is 0 Å². The summed E-state index contributed by atoms with van der Waals surface area (Å²) >= 11 is 0. The normalized spacial score (nSPS) is 10.6. The van der Waals surface area contributed by atoms with Crippen LogP contribution in [0.25, 0.3) is 0 Å². The molecule has 2 aromatic rings. The van der Waals surface area contributed by atoms with Crippen LogP contribution >= 0.6 is 24.0 Å². The summed E-state index contributed by atoms with van der Waals surface area (Å²) in [5.41, 5.74) is 2.06. The Balaban J connectivity index is 0.00000480. The van der Waals surface area contributed by atoms with Crippen molar-refractivity contribution >= 4 is 47.4 Å². The fourth-order valence-electron chi connectivity index (χ4n) is 2.70. The number of nitrogens with zero attached hydrogens (tertiary/aromatic N) is 2. The van der Waals surface area contributed by atoms with Crippen LogP contribution in [0.3, 0.4) is 0 Å². The number of halogens is 2. The van der Waals surface area contributed by atoms with Crippen molar-refractivity contribution in [1.82, 2.24) is 15.5 Å². The fraction of sp³-hybridized carbons (Fsp3) is 0.318. The maximum absolute atomic E-state index is 13.2. The molecule has 2 amide bonds. The Hall–Kier alpha value is -2.69. The second-order valence-corrected chi connectivity index (χ2v) is 6.83. The van der Waals surface area contributed by atoms with Gasteiger partial charge in [-0.3, -0.25) is 9.59 Å². The molecule has 0 aliphatic carbocycles. The second kappa shape index (κ2) is 13.6. The van der Waals surface area contributed by atoms with Crippen molar-refractivity contribution in [3.63, 3.8) is 0 Å². The first-order valence-electron chi connectivity index (χ1n) is 9.77. The van der Waals surface area contributed by atoms with Crippen LogP contribution in [0.1, 0.15) is 22.8 Å². The first-order chi connectivity index (χ1) is 14.4. The van der Waals surface area contributed by atoms with Crippen LogP contribution < -0.4 is 16.0 Å². The predicted octanol–water partition coefficient (Wildman–Crippen LogP) is 2.88. The van der Waals surface area contributed by atoms with E-state index in [4.69, 9.17) is 0 Å². The maximum atomic E-state index is 13.2. The molecule has 168 valence electrons. The van der Waals surface area contributed by atoms with Crippen molar-refractivity contribution in [2.24, 2.45) is 4.99 Å². The maximum Gasteiger partial charge on any atom is 0.253 e. The average Bonchev–Trinajstić information content (AvgIpc) is 2.71. The van der Waals surface area contributed by atoms with Gasteiger partial charge in [0.25, 0.3) is 5.91 Å². The number of carbonyl (C=O) groups is 2. The van der Waals surface area contributed by atoms with Crippen LogP contribution in [0.15, 0.2) is 53.5 Å². The second-order valence-electron chi connectivity index (χ2n) is 6.83. The van der Waals surface area contributed by atoms with E-state index in [1.54, 1.807) is 31.1 Å². The summed E-state index contributed by atoms with van der Waals surface area (Å²) in [5.74, 6) is -0.285. The van der Waals surface area contributed by atoms with E-state index in [-0.39, 0.29) is 42.3 Å². The van der Waals surface area contributed by atoms with Crippen molar-refractivity contribution in [2.45, 2.75) is 13.3 Å². The molecule has 0 aromatic heterocycles. The molecular formula is C22H29FIN5O2. The van der Waals surface area contributed by atoms with E-state index in [1.165, 1.54) is 18.2 Å². The van der Waals surface area contributed by atoms with E-state index in [9.17, 15) is 14.0 Å². The molecule has 0 saturated heterocycles. The van der Waals surface area contributed by atoms with Crippen molar-refractivity contribution < 1.29 is 14.0 Å². The highest BCUT2D eigenvalue weighted by Crippen LogP contribution is 2.09. The molecule has 0 heterocycles. The van der Waals surface area contributed by atoms with Gasteiger partial charge in [-0.05, 0) is 49.2 Å². The molecule has 0 fully saturated rings. The monoisotopic (exact) mass is 541 g/mol. The van der Waals surface area contributed by atoms with E-state index < -0.39 is 5.82 Å². The van der Waals surface area contributed by atoms with Crippen LogP contribution in [0.4, 0.5) is 10.1 Å². The number of carbonyl (C=O) groups excluding carboxylic acids is 2. The summed E-state index contributed by atoms with van der Waals surface area (Å²) in [7, 11) is 3.44. The van der Waals surface area contributed by atoms with Gasteiger partial charge >= 0.3 is 0 Å². The van der Waals surface area contributed by atoms with Gasteiger partial charge in [-0.2, -0.15) is 0 Å². The van der Waals surface area contributed by atoms with Crippen molar-refractivity contribution in [3.8, 4) is 0 Å². The number of hydrogen-bond donors (Lipinski definition) is 3. The summed E-state index contributed by atoms with van der Waals surface area (Å²) in [6, 6.07) is 13.2. The SMILES string of the molecule is CCNC(=NCC(=O)Nc1cccc(F)c1)NCCc1cccc(C(=O)N(C)C)c1.I. The molecule has 0 spiro atoms. The molecule has 0 aliphatic rings. The van der Waals surface area contributed by atoms with Gasteiger partial charge in [0.1, 0.15) is 12.4 Å². The molecule has 0 unspecified atom stereocenters. The van der Waals surface area contributed by atoms with Gasteiger partial charge in [0.2, 0.25) is 5.91 Å². The summed E-state index contributed by atoms with van der Waals surface area (Å²) < 4.78 is 13.2. The van der Waals surface area contributed by atoms with E-state index in [0.717, 1.165) is 5.56 Å². The third-order valence-corrected chi connectivity index (χ3v) is 4.12. The quantitative estimate of drug-likeness (QED) is 0.273. The Kier molecular flexibility index (Phi) is 11.5. The number of anilines is 1. The lowest BCUT2D eigenvalue weighted by atomic mass is 10.1. The lowest BCUT2D eigenvalue weighted by Gasteiger charge is -2.13. The molecule has 0 aliphatic heterocycles. The minimum atomic E-state index is -0.414. The van der Waals surface area contributed by atoms with E-state index in [1.807, 2.05) is 25.1 Å². The Morgan fingerprint density at radius 3 is 2.48 bits per heavy atom. The van der Waals surface area contributed by atoms with Gasteiger partial charge < -0.3 is 20.9 Å². The summed E-state index contributed by atoms with van der Waals surface area (Å²) in [6.45, 7) is 3.06. The van der Waals surface area contributed by atoms with Gasteiger partial charge in [-0.25, -0.2) is 9.38 Å². The molecule has 9 heteroatoms. The molecule has 7 nitrogen and oxygen atoms in total. The molecule has 3 N–H and O–H groups in total. The molecule has 2 rings (SSSR count). The summed E-state index contributed by atoms with van der Waals surface area (Å²) in [5, 5.41) is 8.86. The summed E-state index contributed by atoms with van der Waals surface area (Å²) in [4.78, 5) is 29.9. The van der Waals surface area contributed by atoms with Crippen LogP contribution in [-0.4, -0.2) is 56.4 Å². The molecule has 2 aromatic carbocycles. The predicted molar refractivity (Wildman–Crippen MR) is 133 cm³/mol. The Morgan fingerprint density at radius 2 is 1.81 bits per heavy atom. The number of aliphatic imine (C=N–C) groups is 1. The highest BCUT2D eigenvalue weighted by molar-refractivity contribution is 14.0. The van der Waals surface area contributed by atoms with Crippen molar-refractivity contribution in [3.05, 3.63) is 65.5 Å². The Bertz CT molecular complexity index is 905. The molecule has 0 radical (unpaired) electrons. The summed E-state index contributed by atoms with van der Waals surface area (Å²) in [6.07, 6.45) is 0.689. The van der Waals surface area contributed by atoms with Crippen molar-refractivity contribution in [2.75, 3.05) is 39.0 Å². The van der Waals surface area contributed by atoms with Gasteiger partial charge in [0, 0.05) is 38.4 Å². The number of hydrogen-bond acceptors (Lipinski definition) is 3. The fourth-order valence-corrected chi connectivity index (χ4v) is 2.70. The molecule has 0 atom stereocenters. The van der Waals surface area contributed by atoms with E-state index in [0.29, 0.717) is 36.7 Å². The Morgan fingerprint density at radius 1 is 1.06 bits per heavy atom.